The maximum atomic E-state index is 11.8. The van der Waals surface area contributed by atoms with E-state index in [2.05, 4.69) is 40.6 Å². The summed E-state index contributed by atoms with van der Waals surface area (Å²) >= 11 is 0. The molecular formula is C14H22O6Si. The van der Waals surface area contributed by atoms with Gasteiger partial charge in [-0.1, -0.05) is 19.6 Å². The largest absolute Gasteiger partial charge is 0.469 e. The van der Waals surface area contributed by atoms with Gasteiger partial charge in [-0.3, -0.25) is 9.59 Å². The zero-order chi connectivity index (χ0) is 16.6. The number of ether oxygens (including phenoxy) is 3. The van der Waals surface area contributed by atoms with Gasteiger partial charge in [0.25, 0.3) is 0 Å². The van der Waals surface area contributed by atoms with Crippen molar-refractivity contribution in [1.29, 1.82) is 0 Å². The standard InChI is InChI=1S/C14H22O6Si/c1-10(15)20-12(14(17)19-3)11(13(16)18-2)8-7-9-21(4,5)6/h11-12H,8H2,1-6H3/t11-,12+/m1/s1. The highest BCUT2D eigenvalue weighted by Crippen LogP contribution is 2.16. The average Bonchev–Trinajstić information content (AvgIpc) is 2.38. The predicted octanol–water partition coefficient (Wildman–Crippen LogP) is 1.15. The fourth-order valence-electron chi connectivity index (χ4n) is 1.48. The Bertz CT molecular complexity index is 454. The lowest BCUT2D eigenvalue weighted by molar-refractivity contribution is -0.174. The van der Waals surface area contributed by atoms with Gasteiger partial charge in [-0.25, -0.2) is 4.79 Å². The summed E-state index contributed by atoms with van der Waals surface area (Å²) in [6.45, 7) is 7.31. The number of hydrogen-bond acceptors (Lipinski definition) is 6. The fourth-order valence-corrected chi connectivity index (χ4v) is 2.11. The Morgan fingerprint density at radius 3 is 1.95 bits per heavy atom. The molecule has 0 N–H and O–H groups in total. The zero-order valence-corrected chi connectivity index (χ0v) is 14.3. The first-order valence-electron chi connectivity index (χ1n) is 6.45. The van der Waals surface area contributed by atoms with E-state index in [1.807, 2.05) is 0 Å². The predicted molar refractivity (Wildman–Crippen MR) is 78.8 cm³/mol. The van der Waals surface area contributed by atoms with Crippen LogP contribution in [0.25, 0.3) is 0 Å². The summed E-state index contributed by atoms with van der Waals surface area (Å²) in [7, 11) is 0.743. The lowest BCUT2D eigenvalue weighted by atomic mass is 9.99. The van der Waals surface area contributed by atoms with Gasteiger partial charge in [-0.2, -0.15) is 0 Å². The minimum absolute atomic E-state index is 0.0595. The molecule has 0 saturated carbocycles. The van der Waals surface area contributed by atoms with E-state index in [4.69, 9.17) is 4.74 Å². The van der Waals surface area contributed by atoms with Crippen molar-refractivity contribution in [2.75, 3.05) is 14.2 Å². The Kier molecular flexibility index (Phi) is 7.74. The second-order valence-electron chi connectivity index (χ2n) is 5.44. The molecule has 2 atom stereocenters. The summed E-state index contributed by atoms with van der Waals surface area (Å²) in [5.74, 6) is -0.282. The van der Waals surface area contributed by atoms with Crippen molar-refractivity contribution in [1.82, 2.24) is 0 Å². The van der Waals surface area contributed by atoms with Crippen LogP contribution in [0.4, 0.5) is 0 Å². The third kappa shape index (κ3) is 7.51. The van der Waals surface area contributed by atoms with Crippen molar-refractivity contribution in [3.63, 3.8) is 0 Å². The first-order valence-corrected chi connectivity index (χ1v) is 9.95. The molecule has 0 bridgehead atoms. The van der Waals surface area contributed by atoms with Gasteiger partial charge in [0.05, 0.1) is 14.2 Å². The van der Waals surface area contributed by atoms with Crippen LogP contribution in [-0.4, -0.2) is 46.3 Å². The van der Waals surface area contributed by atoms with E-state index >= 15 is 0 Å². The molecule has 7 heteroatoms. The molecule has 118 valence electrons. The number of rotatable bonds is 5. The molecule has 0 aliphatic carbocycles. The highest BCUT2D eigenvalue weighted by Gasteiger charge is 2.37. The molecule has 21 heavy (non-hydrogen) atoms. The van der Waals surface area contributed by atoms with Crippen molar-refractivity contribution < 1.29 is 28.6 Å². The van der Waals surface area contributed by atoms with Crippen LogP contribution in [0.2, 0.25) is 19.6 Å². The van der Waals surface area contributed by atoms with Crippen molar-refractivity contribution in [3.8, 4) is 11.5 Å². The van der Waals surface area contributed by atoms with E-state index in [0.717, 1.165) is 14.0 Å². The molecule has 0 saturated heterocycles. The van der Waals surface area contributed by atoms with Gasteiger partial charge < -0.3 is 14.2 Å². The van der Waals surface area contributed by atoms with Gasteiger partial charge in [-0.15, -0.1) is 11.5 Å². The molecule has 0 aromatic carbocycles. The molecule has 0 radical (unpaired) electrons. The van der Waals surface area contributed by atoms with Crippen molar-refractivity contribution in [2.24, 2.45) is 5.92 Å². The highest BCUT2D eigenvalue weighted by molar-refractivity contribution is 6.83. The molecule has 0 unspecified atom stereocenters. The molecule has 0 spiro atoms. The molecule has 0 aliphatic heterocycles. The molecule has 0 aromatic heterocycles. The van der Waals surface area contributed by atoms with Gasteiger partial charge in [0, 0.05) is 13.3 Å². The summed E-state index contributed by atoms with van der Waals surface area (Å²) in [5, 5.41) is 0. The number of carbonyl (C=O) groups excluding carboxylic acids is 3. The summed E-state index contributed by atoms with van der Waals surface area (Å²) in [6.07, 6.45) is -1.29. The van der Waals surface area contributed by atoms with E-state index < -0.39 is 38.0 Å². The van der Waals surface area contributed by atoms with Gasteiger partial charge in [0.1, 0.15) is 14.0 Å². The lowest BCUT2D eigenvalue weighted by Gasteiger charge is -2.21. The van der Waals surface area contributed by atoms with E-state index in [-0.39, 0.29) is 6.42 Å². The third-order valence-electron chi connectivity index (χ3n) is 2.38. The molecule has 0 heterocycles. The number of esters is 3. The normalized spacial score (nSPS) is 13.2. The molecule has 6 nitrogen and oxygen atoms in total. The lowest BCUT2D eigenvalue weighted by Crippen LogP contribution is -2.39. The van der Waals surface area contributed by atoms with Crippen molar-refractivity contribution >= 4 is 26.0 Å². The van der Waals surface area contributed by atoms with E-state index in [0.29, 0.717) is 0 Å². The minimum atomic E-state index is -1.61. The fraction of sp³-hybridized carbons (Fsp3) is 0.643. The molecule has 0 fully saturated rings. The van der Waals surface area contributed by atoms with Crippen LogP contribution in [0, 0.1) is 17.4 Å². The Morgan fingerprint density at radius 2 is 1.57 bits per heavy atom. The smallest absolute Gasteiger partial charge is 0.348 e. The van der Waals surface area contributed by atoms with E-state index in [1.54, 1.807) is 0 Å². The molecule has 0 rings (SSSR count). The Hall–Kier alpha value is -1.81. The first-order chi connectivity index (χ1) is 9.62. The van der Waals surface area contributed by atoms with Gasteiger partial charge in [0.15, 0.2) is 0 Å². The monoisotopic (exact) mass is 314 g/mol. The zero-order valence-electron chi connectivity index (χ0n) is 13.3. The molecule has 0 aliphatic rings. The van der Waals surface area contributed by atoms with E-state index in [9.17, 15) is 14.4 Å². The van der Waals surface area contributed by atoms with Crippen LogP contribution in [-0.2, 0) is 28.6 Å². The Morgan fingerprint density at radius 1 is 1.05 bits per heavy atom. The van der Waals surface area contributed by atoms with Crippen LogP contribution in [0.3, 0.4) is 0 Å². The number of carbonyl (C=O) groups is 3. The quantitative estimate of drug-likeness (QED) is 0.328. The highest BCUT2D eigenvalue weighted by atomic mass is 28.3. The molecular weight excluding hydrogens is 292 g/mol. The topological polar surface area (TPSA) is 78.9 Å². The molecule has 0 aromatic rings. The number of methoxy groups -OCH3 is 2. The van der Waals surface area contributed by atoms with E-state index in [1.165, 1.54) is 7.11 Å². The van der Waals surface area contributed by atoms with Crippen LogP contribution in [0.15, 0.2) is 0 Å². The summed E-state index contributed by atoms with van der Waals surface area (Å²) in [5.41, 5.74) is 3.08. The minimum Gasteiger partial charge on any atom is -0.469 e. The second-order valence-corrected chi connectivity index (χ2v) is 10.2. The van der Waals surface area contributed by atoms with Crippen molar-refractivity contribution in [2.45, 2.75) is 39.1 Å². The first kappa shape index (κ1) is 19.2. The second kappa shape index (κ2) is 8.47. The molecule has 0 amide bonds. The van der Waals surface area contributed by atoms with Crippen LogP contribution < -0.4 is 0 Å². The SMILES string of the molecule is COC(=O)[C@@H](OC(C)=O)[C@@H](CC#C[Si](C)(C)C)C(=O)OC. The van der Waals surface area contributed by atoms with Crippen LogP contribution >= 0.6 is 0 Å². The third-order valence-corrected chi connectivity index (χ3v) is 3.31. The Labute approximate surface area is 126 Å². The van der Waals surface area contributed by atoms with Crippen LogP contribution in [0.1, 0.15) is 13.3 Å². The summed E-state index contributed by atoms with van der Waals surface area (Å²) in [4.78, 5) is 34.7. The van der Waals surface area contributed by atoms with Gasteiger partial charge in [-0.05, 0) is 0 Å². The number of hydrogen-bond donors (Lipinski definition) is 0. The maximum Gasteiger partial charge on any atom is 0.348 e. The summed E-state index contributed by atoms with van der Waals surface area (Å²) in [6, 6.07) is 0. The van der Waals surface area contributed by atoms with Gasteiger partial charge >= 0.3 is 17.9 Å². The van der Waals surface area contributed by atoms with Crippen LogP contribution in [0.5, 0.6) is 0 Å². The Balaban J connectivity index is 5.31. The van der Waals surface area contributed by atoms with Crippen molar-refractivity contribution in [3.05, 3.63) is 0 Å². The maximum absolute atomic E-state index is 11.8. The summed E-state index contributed by atoms with van der Waals surface area (Å²) < 4.78 is 14.1. The van der Waals surface area contributed by atoms with Gasteiger partial charge in [0.2, 0.25) is 6.10 Å². The average molecular weight is 314 g/mol.